The lowest BCUT2D eigenvalue weighted by molar-refractivity contribution is 0.226. The number of fused-ring (bicyclic) bond motifs is 1. The van der Waals surface area contributed by atoms with Gasteiger partial charge in [0.05, 0.1) is 11.1 Å². The lowest BCUT2D eigenvalue weighted by Crippen LogP contribution is -2.52. The molecule has 0 saturated carbocycles. The van der Waals surface area contributed by atoms with E-state index in [1.807, 2.05) is 30.3 Å². The SMILES string of the molecule is NC1C(c2ccccc2)CCCN1S(=O)(=O)c1cccc2c(=O)[nH]ccc12. The number of hydrogen-bond donors (Lipinski definition) is 2. The monoisotopic (exact) mass is 383 g/mol. The molecule has 0 spiro atoms. The van der Waals surface area contributed by atoms with E-state index in [2.05, 4.69) is 4.98 Å². The van der Waals surface area contributed by atoms with Crippen LogP contribution in [0.3, 0.4) is 0 Å². The number of sulfonamides is 1. The summed E-state index contributed by atoms with van der Waals surface area (Å²) in [5.74, 6) is -0.0619. The summed E-state index contributed by atoms with van der Waals surface area (Å²) in [7, 11) is -3.84. The first-order valence-corrected chi connectivity index (χ1v) is 10.4. The van der Waals surface area contributed by atoms with Crippen LogP contribution < -0.4 is 11.3 Å². The van der Waals surface area contributed by atoms with Crippen LogP contribution in [0.1, 0.15) is 24.3 Å². The van der Waals surface area contributed by atoms with Crippen molar-refractivity contribution in [1.82, 2.24) is 9.29 Å². The van der Waals surface area contributed by atoms with Crippen LogP contribution in [0.15, 0.2) is 70.5 Å². The average Bonchev–Trinajstić information content (AvgIpc) is 2.68. The molecule has 1 aliphatic heterocycles. The summed E-state index contributed by atoms with van der Waals surface area (Å²) in [6.07, 6.45) is 2.39. The number of piperidine rings is 1. The highest BCUT2D eigenvalue weighted by Crippen LogP contribution is 2.34. The number of nitrogens with two attached hydrogens (primary N) is 1. The Balaban J connectivity index is 1.78. The molecule has 0 radical (unpaired) electrons. The number of aromatic nitrogens is 1. The molecule has 1 saturated heterocycles. The summed E-state index contributed by atoms with van der Waals surface area (Å²) in [6, 6.07) is 16.1. The molecule has 2 unspecified atom stereocenters. The molecule has 1 fully saturated rings. The summed E-state index contributed by atoms with van der Waals surface area (Å²) < 4.78 is 28.2. The van der Waals surface area contributed by atoms with Crippen molar-refractivity contribution in [3.05, 3.63) is 76.7 Å². The minimum absolute atomic E-state index is 0.0619. The normalized spacial score (nSPS) is 21.4. The van der Waals surface area contributed by atoms with Gasteiger partial charge in [-0.1, -0.05) is 36.4 Å². The Hall–Kier alpha value is -2.48. The number of aromatic amines is 1. The average molecular weight is 383 g/mol. The Labute approximate surface area is 157 Å². The van der Waals surface area contributed by atoms with Crippen LogP contribution in [-0.4, -0.2) is 30.4 Å². The highest BCUT2D eigenvalue weighted by molar-refractivity contribution is 7.89. The molecular formula is C20H21N3O3S. The van der Waals surface area contributed by atoms with E-state index in [9.17, 15) is 13.2 Å². The number of benzene rings is 2. The highest BCUT2D eigenvalue weighted by Gasteiger charge is 2.38. The quantitative estimate of drug-likeness (QED) is 0.726. The van der Waals surface area contributed by atoms with Gasteiger partial charge in [-0.05, 0) is 36.6 Å². The van der Waals surface area contributed by atoms with Gasteiger partial charge >= 0.3 is 0 Å². The van der Waals surface area contributed by atoms with Crippen molar-refractivity contribution in [2.75, 3.05) is 6.54 Å². The van der Waals surface area contributed by atoms with Crippen LogP contribution in [0.25, 0.3) is 10.8 Å². The second kappa shape index (κ2) is 6.92. The molecule has 4 rings (SSSR count). The zero-order valence-electron chi connectivity index (χ0n) is 14.7. The van der Waals surface area contributed by atoms with Crippen LogP contribution in [-0.2, 0) is 10.0 Å². The second-order valence-electron chi connectivity index (χ2n) is 6.79. The molecule has 0 bridgehead atoms. The van der Waals surface area contributed by atoms with Crippen LogP contribution in [0, 0.1) is 0 Å². The summed E-state index contributed by atoms with van der Waals surface area (Å²) in [5, 5.41) is 0.763. The minimum atomic E-state index is -3.84. The molecule has 0 amide bonds. The van der Waals surface area contributed by atoms with Gasteiger partial charge in [0, 0.05) is 29.4 Å². The van der Waals surface area contributed by atoms with Crippen molar-refractivity contribution >= 4 is 20.8 Å². The Morgan fingerprint density at radius 2 is 1.78 bits per heavy atom. The summed E-state index contributed by atoms with van der Waals surface area (Å²) in [4.78, 5) is 14.7. The van der Waals surface area contributed by atoms with Crippen molar-refractivity contribution in [1.29, 1.82) is 0 Å². The second-order valence-corrected chi connectivity index (χ2v) is 8.65. The molecular weight excluding hydrogens is 362 g/mol. The molecule has 0 aliphatic carbocycles. The minimum Gasteiger partial charge on any atom is -0.329 e. The Morgan fingerprint density at radius 1 is 1.00 bits per heavy atom. The molecule has 3 N–H and O–H groups in total. The Morgan fingerprint density at radius 3 is 2.56 bits per heavy atom. The fourth-order valence-electron chi connectivity index (χ4n) is 3.88. The van der Waals surface area contributed by atoms with E-state index in [0.29, 0.717) is 17.3 Å². The van der Waals surface area contributed by atoms with Crippen LogP contribution >= 0.6 is 0 Å². The zero-order valence-corrected chi connectivity index (χ0v) is 15.5. The van der Waals surface area contributed by atoms with E-state index in [4.69, 9.17) is 5.73 Å². The topological polar surface area (TPSA) is 96.3 Å². The number of hydrogen-bond acceptors (Lipinski definition) is 4. The van der Waals surface area contributed by atoms with Gasteiger partial charge in [-0.2, -0.15) is 4.31 Å². The number of pyridine rings is 1. The predicted molar refractivity (Wildman–Crippen MR) is 105 cm³/mol. The number of nitrogens with zero attached hydrogens (tertiary/aromatic N) is 1. The third kappa shape index (κ3) is 3.07. The van der Waals surface area contributed by atoms with Crippen molar-refractivity contribution in [3.8, 4) is 0 Å². The van der Waals surface area contributed by atoms with Crippen molar-refractivity contribution in [3.63, 3.8) is 0 Å². The third-order valence-corrected chi connectivity index (χ3v) is 7.18. The van der Waals surface area contributed by atoms with Crippen molar-refractivity contribution in [2.45, 2.75) is 29.8 Å². The molecule has 2 aromatic carbocycles. The van der Waals surface area contributed by atoms with E-state index in [-0.39, 0.29) is 16.4 Å². The van der Waals surface area contributed by atoms with E-state index >= 15 is 0 Å². The first-order chi connectivity index (χ1) is 13.0. The maximum Gasteiger partial charge on any atom is 0.255 e. The van der Waals surface area contributed by atoms with Crippen LogP contribution in [0.2, 0.25) is 0 Å². The van der Waals surface area contributed by atoms with Crippen molar-refractivity contribution < 1.29 is 8.42 Å². The van der Waals surface area contributed by atoms with Gasteiger partial charge in [-0.15, -0.1) is 0 Å². The van der Waals surface area contributed by atoms with Crippen LogP contribution in [0.4, 0.5) is 0 Å². The van der Waals surface area contributed by atoms with Gasteiger partial charge in [0.2, 0.25) is 10.0 Å². The molecule has 6 nitrogen and oxygen atoms in total. The fraction of sp³-hybridized carbons (Fsp3) is 0.250. The largest absolute Gasteiger partial charge is 0.329 e. The number of rotatable bonds is 3. The number of H-pyrrole nitrogens is 1. The van der Waals surface area contributed by atoms with E-state index < -0.39 is 16.2 Å². The smallest absolute Gasteiger partial charge is 0.255 e. The van der Waals surface area contributed by atoms with Crippen molar-refractivity contribution in [2.24, 2.45) is 5.73 Å². The number of nitrogens with one attached hydrogen (secondary N) is 1. The fourth-order valence-corrected chi connectivity index (χ4v) is 5.67. The summed E-state index contributed by atoms with van der Waals surface area (Å²) in [6.45, 7) is 0.367. The van der Waals surface area contributed by atoms with E-state index in [1.54, 1.807) is 18.2 Å². The highest BCUT2D eigenvalue weighted by atomic mass is 32.2. The van der Waals surface area contributed by atoms with Gasteiger partial charge in [-0.25, -0.2) is 8.42 Å². The molecule has 2 atom stereocenters. The lowest BCUT2D eigenvalue weighted by atomic mass is 9.89. The first kappa shape index (κ1) is 17.9. The van der Waals surface area contributed by atoms with Gasteiger partial charge in [0.25, 0.3) is 5.56 Å². The zero-order chi connectivity index (χ0) is 19.0. The molecule has 27 heavy (non-hydrogen) atoms. The standard InChI is InChI=1S/C20H21N3O3S/c21-19-15(14-6-2-1-3-7-14)9-5-13-23(19)27(25,26)18-10-4-8-17-16(18)11-12-22-20(17)24/h1-4,6-8,10-12,15,19H,5,9,13,21H2,(H,22,24). The van der Waals surface area contributed by atoms with E-state index in [0.717, 1.165) is 18.4 Å². The predicted octanol–water partition coefficient (Wildman–Crippen LogP) is 2.38. The van der Waals surface area contributed by atoms with Crippen LogP contribution in [0.5, 0.6) is 0 Å². The molecule has 7 heteroatoms. The molecule has 140 valence electrons. The van der Waals surface area contributed by atoms with E-state index in [1.165, 1.54) is 16.6 Å². The maximum atomic E-state index is 13.4. The molecule has 1 aromatic heterocycles. The Bertz CT molecular complexity index is 1130. The maximum absolute atomic E-state index is 13.4. The molecule has 2 heterocycles. The summed E-state index contributed by atoms with van der Waals surface area (Å²) >= 11 is 0. The lowest BCUT2D eigenvalue weighted by Gasteiger charge is -2.38. The molecule has 1 aliphatic rings. The van der Waals surface area contributed by atoms with Gasteiger partial charge < -0.3 is 10.7 Å². The molecule has 3 aromatic rings. The van der Waals surface area contributed by atoms with Gasteiger partial charge in [-0.3, -0.25) is 4.79 Å². The first-order valence-electron chi connectivity index (χ1n) is 8.93. The summed E-state index contributed by atoms with van der Waals surface area (Å²) in [5.41, 5.74) is 7.16. The Kier molecular flexibility index (Phi) is 4.59. The third-order valence-electron chi connectivity index (χ3n) is 5.23. The van der Waals surface area contributed by atoms with Gasteiger partial charge in [0.1, 0.15) is 0 Å². The van der Waals surface area contributed by atoms with Gasteiger partial charge in [0.15, 0.2) is 0 Å².